The quantitative estimate of drug-likeness (QED) is 0.348. The van der Waals surface area contributed by atoms with Crippen LogP contribution in [0.1, 0.15) is 23.6 Å². The minimum Gasteiger partial charge on any atom is -0.490 e. The fraction of sp³-hybridized carbons (Fsp3) is 0.217. The van der Waals surface area contributed by atoms with Crippen LogP contribution < -0.4 is 14.8 Å². The lowest BCUT2D eigenvalue weighted by molar-refractivity contribution is 0.269. The van der Waals surface area contributed by atoms with E-state index >= 15 is 0 Å². The first kappa shape index (κ1) is 21.8. The summed E-state index contributed by atoms with van der Waals surface area (Å²) in [4.78, 5) is 0. The van der Waals surface area contributed by atoms with Crippen LogP contribution in [0.15, 0.2) is 59.1 Å². The molecule has 3 aromatic rings. The van der Waals surface area contributed by atoms with E-state index in [2.05, 4.69) is 40.3 Å². The van der Waals surface area contributed by atoms with Crippen molar-refractivity contribution in [1.29, 1.82) is 0 Å². The zero-order valence-electron chi connectivity index (χ0n) is 16.3. The van der Waals surface area contributed by atoms with Crippen LogP contribution in [0.4, 0.5) is 5.69 Å². The first-order valence-corrected chi connectivity index (χ1v) is 10.8. The topological polar surface area (TPSA) is 30.5 Å². The summed E-state index contributed by atoms with van der Waals surface area (Å²) in [6.07, 6.45) is 0. The summed E-state index contributed by atoms with van der Waals surface area (Å²) in [6, 6.07) is 17.5. The summed E-state index contributed by atoms with van der Waals surface area (Å²) in [5.74, 6) is 1.39. The molecule has 3 nitrogen and oxygen atoms in total. The van der Waals surface area contributed by atoms with Gasteiger partial charge in [-0.15, -0.1) is 0 Å². The normalized spacial score (nSPS) is 10.7. The first-order valence-electron chi connectivity index (χ1n) is 9.28. The highest BCUT2D eigenvalue weighted by molar-refractivity contribution is 9.10. The Kier molecular flexibility index (Phi) is 7.70. The smallest absolute Gasteiger partial charge is 0.161 e. The van der Waals surface area contributed by atoms with Crippen LogP contribution >= 0.6 is 39.1 Å². The Labute approximate surface area is 190 Å². The van der Waals surface area contributed by atoms with Crippen molar-refractivity contribution in [2.24, 2.45) is 0 Å². The van der Waals surface area contributed by atoms with Gasteiger partial charge in [-0.25, -0.2) is 0 Å². The van der Waals surface area contributed by atoms with E-state index in [0.717, 1.165) is 21.3 Å². The van der Waals surface area contributed by atoms with Crippen molar-refractivity contribution < 1.29 is 9.47 Å². The highest BCUT2D eigenvalue weighted by atomic mass is 79.9. The van der Waals surface area contributed by atoms with E-state index in [1.54, 1.807) is 12.1 Å². The Bertz CT molecular complexity index is 995. The summed E-state index contributed by atoms with van der Waals surface area (Å²) < 4.78 is 12.8. The first-order chi connectivity index (χ1) is 14.0. The van der Waals surface area contributed by atoms with Gasteiger partial charge in [0.1, 0.15) is 6.61 Å². The lowest BCUT2D eigenvalue weighted by Gasteiger charge is -2.15. The maximum absolute atomic E-state index is 6.24. The van der Waals surface area contributed by atoms with E-state index in [4.69, 9.17) is 32.7 Å². The van der Waals surface area contributed by atoms with Gasteiger partial charge in [-0.05, 0) is 67.4 Å². The van der Waals surface area contributed by atoms with Crippen molar-refractivity contribution in [3.05, 3.63) is 85.8 Å². The predicted molar refractivity (Wildman–Crippen MR) is 125 cm³/mol. The average molecular weight is 495 g/mol. The number of ether oxygens (including phenoxy) is 2. The SMILES string of the molecule is CCOc1cc(CNc2ccc(Br)cc2C)ccc1OCc1ccc(Cl)cc1Cl. The number of halogens is 3. The number of aryl methyl sites for hydroxylation is 1. The Balaban J connectivity index is 1.70. The number of benzene rings is 3. The van der Waals surface area contributed by atoms with Gasteiger partial charge in [-0.1, -0.05) is 51.3 Å². The second kappa shape index (κ2) is 10.2. The molecule has 152 valence electrons. The molecule has 0 radical (unpaired) electrons. The minimum atomic E-state index is 0.339. The molecule has 0 heterocycles. The van der Waals surface area contributed by atoms with Crippen LogP contribution in [0.25, 0.3) is 0 Å². The van der Waals surface area contributed by atoms with Gasteiger partial charge in [0, 0.05) is 32.3 Å². The fourth-order valence-corrected chi connectivity index (χ4v) is 3.81. The third-order valence-corrected chi connectivity index (χ3v) is 5.46. The van der Waals surface area contributed by atoms with Gasteiger partial charge < -0.3 is 14.8 Å². The largest absolute Gasteiger partial charge is 0.490 e. The van der Waals surface area contributed by atoms with Crippen molar-refractivity contribution in [3.63, 3.8) is 0 Å². The third-order valence-electron chi connectivity index (χ3n) is 4.38. The maximum atomic E-state index is 6.24. The summed E-state index contributed by atoms with van der Waals surface area (Å²) in [7, 11) is 0. The molecule has 0 spiro atoms. The molecule has 0 aromatic heterocycles. The lowest BCUT2D eigenvalue weighted by atomic mass is 10.1. The average Bonchev–Trinajstić information content (AvgIpc) is 2.68. The molecule has 29 heavy (non-hydrogen) atoms. The molecule has 3 rings (SSSR count). The molecule has 0 aliphatic rings. The number of hydrogen-bond donors (Lipinski definition) is 1. The molecule has 0 fully saturated rings. The molecule has 0 amide bonds. The van der Waals surface area contributed by atoms with Crippen molar-refractivity contribution in [2.45, 2.75) is 27.0 Å². The second-order valence-electron chi connectivity index (χ2n) is 6.55. The van der Waals surface area contributed by atoms with E-state index in [1.165, 1.54) is 5.56 Å². The molecule has 3 aromatic carbocycles. The van der Waals surface area contributed by atoms with Crippen molar-refractivity contribution in [3.8, 4) is 11.5 Å². The lowest BCUT2D eigenvalue weighted by Crippen LogP contribution is -2.04. The number of nitrogens with one attached hydrogen (secondary N) is 1. The zero-order valence-corrected chi connectivity index (χ0v) is 19.4. The molecular weight excluding hydrogens is 473 g/mol. The summed E-state index contributed by atoms with van der Waals surface area (Å²) in [5, 5.41) is 4.66. The molecule has 0 unspecified atom stereocenters. The van der Waals surface area contributed by atoms with Gasteiger partial charge in [-0.3, -0.25) is 0 Å². The van der Waals surface area contributed by atoms with Crippen molar-refractivity contribution in [2.75, 3.05) is 11.9 Å². The van der Waals surface area contributed by atoms with Gasteiger partial charge in [0.25, 0.3) is 0 Å². The van der Waals surface area contributed by atoms with Crippen LogP contribution in [0.2, 0.25) is 10.0 Å². The number of anilines is 1. The number of hydrogen-bond acceptors (Lipinski definition) is 3. The van der Waals surface area contributed by atoms with Crippen molar-refractivity contribution in [1.82, 2.24) is 0 Å². The van der Waals surface area contributed by atoms with Crippen LogP contribution in [0.5, 0.6) is 11.5 Å². The van der Waals surface area contributed by atoms with Crippen LogP contribution in [0, 0.1) is 6.92 Å². The Hall–Kier alpha value is -1.88. The van der Waals surface area contributed by atoms with Gasteiger partial charge >= 0.3 is 0 Å². The Morgan fingerprint density at radius 1 is 0.931 bits per heavy atom. The zero-order chi connectivity index (χ0) is 20.8. The minimum absolute atomic E-state index is 0.339. The molecule has 0 aliphatic heterocycles. The Morgan fingerprint density at radius 3 is 2.48 bits per heavy atom. The number of rotatable bonds is 8. The highest BCUT2D eigenvalue weighted by Crippen LogP contribution is 2.31. The monoisotopic (exact) mass is 493 g/mol. The van der Waals surface area contributed by atoms with Gasteiger partial charge in [0.15, 0.2) is 11.5 Å². The van der Waals surface area contributed by atoms with Gasteiger partial charge in [0.05, 0.1) is 6.61 Å². The molecule has 0 saturated heterocycles. The molecule has 0 aliphatic carbocycles. The summed E-state index contributed by atoms with van der Waals surface area (Å²) >= 11 is 15.7. The fourth-order valence-electron chi connectivity index (χ4n) is 2.87. The maximum Gasteiger partial charge on any atom is 0.161 e. The van der Waals surface area contributed by atoms with Crippen LogP contribution in [-0.2, 0) is 13.2 Å². The summed E-state index contributed by atoms with van der Waals surface area (Å²) in [6.45, 7) is 5.62. The predicted octanol–water partition coefficient (Wildman–Crippen LogP) is 7.65. The molecule has 0 saturated carbocycles. The highest BCUT2D eigenvalue weighted by Gasteiger charge is 2.09. The molecular formula is C23H22BrCl2NO2. The third kappa shape index (κ3) is 6.05. The molecule has 6 heteroatoms. The van der Waals surface area contributed by atoms with E-state index in [1.807, 2.05) is 37.3 Å². The standard InChI is InChI=1S/C23H22BrCl2NO2/c1-3-28-23-11-16(13-27-21-8-6-18(24)10-15(21)2)4-9-22(23)29-14-17-5-7-19(25)12-20(17)26/h4-12,27H,3,13-14H2,1-2H3. The molecule has 0 atom stereocenters. The summed E-state index contributed by atoms with van der Waals surface area (Å²) in [5.41, 5.74) is 4.26. The van der Waals surface area contributed by atoms with E-state index in [9.17, 15) is 0 Å². The second-order valence-corrected chi connectivity index (χ2v) is 8.31. The van der Waals surface area contributed by atoms with Crippen LogP contribution in [0.3, 0.4) is 0 Å². The van der Waals surface area contributed by atoms with Gasteiger partial charge in [0.2, 0.25) is 0 Å². The van der Waals surface area contributed by atoms with Crippen LogP contribution in [-0.4, -0.2) is 6.61 Å². The molecule has 0 bridgehead atoms. The Morgan fingerprint density at radius 2 is 1.76 bits per heavy atom. The van der Waals surface area contributed by atoms with Gasteiger partial charge in [-0.2, -0.15) is 0 Å². The van der Waals surface area contributed by atoms with E-state index in [-0.39, 0.29) is 0 Å². The molecule has 1 N–H and O–H groups in total. The van der Waals surface area contributed by atoms with E-state index in [0.29, 0.717) is 41.3 Å². The van der Waals surface area contributed by atoms with E-state index < -0.39 is 0 Å². The van der Waals surface area contributed by atoms with Crippen molar-refractivity contribution >= 4 is 44.8 Å².